The van der Waals surface area contributed by atoms with Gasteiger partial charge in [0.2, 0.25) is 10.0 Å². The van der Waals surface area contributed by atoms with Crippen LogP contribution in [0.25, 0.3) is 0 Å². The molecule has 0 bridgehead atoms. The molecule has 2 atom stereocenters. The van der Waals surface area contributed by atoms with Gasteiger partial charge in [0.15, 0.2) is 4.90 Å². The molecule has 10 nitrogen and oxygen atoms in total. The number of hydrogen-bond donors (Lipinski definition) is 2. The van der Waals surface area contributed by atoms with Gasteiger partial charge in [-0.25, -0.2) is 13.2 Å². The fraction of sp³-hybridized carbons (Fsp3) is 0.533. The lowest BCUT2D eigenvalue weighted by Crippen LogP contribution is -2.48. The van der Waals surface area contributed by atoms with E-state index in [1.807, 2.05) is 0 Å². The zero-order valence-electron chi connectivity index (χ0n) is 14.7. The van der Waals surface area contributed by atoms with E-state index >= 15 is 0 Å². The van der Waals surface area contributed by atoms with Gasteiger partial charge in [-0.3, -0.25) is 10.1 Å². The lowest BCUT2D eigenvalue weighted by atomic mass is 10.2. The predicted octanol–water partition coefficient (Wildman–Crippen LogP) is 0.820. The summed E-state index contributed by atoms with van der Waals surface area (Å²) in [6.45, 7) is 4.93. The zero-order chi connectivity index (χ0) is 19.7. The largest absolute Gasteiger partial charge is 0.444 e. The molecule has 1 aromatic carbocycles. The number of nitro groups is 1. The number of carbonyl (C=O) groups excluding carboxylic acids is 1. The molecule has 1 aromatic rings. The van der Waals surface area contributed by atoms with Crippen LogP contribution < -0.4 is 11.1 Å². The van der Waals surface area contributed by atoms with Crippen molar-refractivity contribution in [1.82, 2.24) is 9.62 Å². The molecule has 3 N–H and O–H groups in total. The van der Waals surface area contributed by atoms with E-state index in [4.69, 9.17) is 10.5 Å². The highest BCUT2D eigenvalue weighted by atomic mass is 32.2. The van der Waals surface area contributed by atoms with Crippen LogP contribution in [0.15, 0.2) is 29.2 Å². The quantitative estimate of drug-likeness (QED) is 0.575. The second-order valence-electron chi connectivity index (χ2n) is 6.96. The summed E-state index contributed by atoms with van der Waals surface area (Å²) in [6, 6.07) is 3.77. The highest BCUT2D eigenvalue weighted by Crippen LogP contribution is 2.28. The van der Waals surface area contributed by atoms with E-state index in [9.17, 15) is 23.3 Å². The minimum Gasteiger partial charge on any atom is -0.444 e. The number of rotatable bonds is 4. The summed E-state index contributed by atoms with van der Waals surface area (Å²) in [4.78, 5) is 21.8. The Kier molecular flexibility index (Phi) is 5.54. The first-order chi connectivity index (χ1) is 11.9. The van der Waals surface area contributed by atoms with Gasteiger partial charge < -0.3 is 15.8 Å². The van der Waals surface area contributed by atoms with Crippen molar-refractivity contribution in [3.63, 3.8) is 0 Å². The molecule has 1 aliphatic heterocycles. The third-order valence-corrected chi connectivity index (χ3v) is 5.59. The number of benzene rings is 1. The highest BCUT2D eigenvalue weighted by molar-refractivity contribution is 7.89. The summed E-state index contributed by atoms with van der Waals surface area (Å²) in [6.07, 6.45) is -0.706. The Morgan fingerprint density at radius 1 is 1.35 bits per heavy atom. The summed E-state index contributed by atoms with van der Waals surface area (Å²) >= 11 is 0. The highest BCUT2D eigenvalue weighted by Gasteiger charge is 2.41. The van der Waals surface area contributed by atoms with Crippen molar-refractivity contribution < 1.29 is 22.9 Å². The zero-order valence-corrected chi connectivity index (χ0v) is 15.5. The third kappa shape index (κ3) is 4.48. The smallest absolute Gasteiger partial charge is 0.407 e. The number of nitrogens with zero attached hydrogens (tertiary/aromatic N) is 2. The number of carbonyl (C=O) groups is 1. The first-order valence-electron chi connectivity index (χ1n) is 7.90. The molecular formula is C15H22N4O6S. The summed E-state index contributed by atoms with van der Waals surface area (Å²) in [5.74, 6) is 0. The molecule has 0 spiro atoms. The van der Waals surface area contributed by atoms with E-state index < -0.39 is 49.3 Å². The van der Waals surface area contributed by atoms with Crippen LogP contribution in [0.2, 0.25) is 0 Å². The van der Waals surface area contributed by atoms with Crippen LogP contribution in [0.4, 0.5) is 10.5 Å². The van der Waals surface area contributed by atoms with Crippen molar-refractivity contribution in [2.24, 2.45) is 5.73 Å². The van der Waals surface area contributed by atoms with Gasteiger partial charge in [0, 0.05) is 25.2 Å². The summed E-state index contributed by atoms with van der Waals surface area (Å²) in [7, 11) is -4.13. The molecular weight excluding hydrogens is 364 g/mol. The molecule has 2 rings (SSSR count). The van der Waals surface area contributed by atoms with Crippen LogP contribution in [0, 0.1) is 10.1 Å². The maximum absolute atomic E-state index is 12.8. The van der Waals surface area contributed by atoms with Crippen LogP contribution in [0.1, 0.15) is 20.8 Å². The van der Waals surface area contributed by atoms with Gasteiger partial charge in [0.05, 0.1) is 11.0 Å². The van der Waals surface area contributed by atoms with Crippen molar-refractivity contribution in [2.45, 2.75) is 43.4 Å². The summed E-state index contributed by atoms with van der Waals surface area (Å²) in [5, 5.41) is 13.7. The Balaban J connectivity index is 2.18. The molecule has 1 saturated heterocycles. The Bertz CT molecular complexity index is 805. The second kappa shape index (κ2) is 7.17. The van der Waals surface area contributed by atoms with E-state index in [-0.39, 0.29) is 13.1 Å². The summed E-state index contributed by atoms with van der Waals surface area (Å²) in [5.41, 5.74) is 4.73. The number of nitrogens with two attached hydrogens (primary N) is 1. The topological polar surface area (TPSA) is 145 Å². The number of para-hydroxylation sites is 1. The molecule has 1 fully saturated rings. The van der Waals surface area contributed by atoms with E-state index in [0.717, 1.165) is 10.4 Å². The maximum atomic E-state index is 12.8. The van der Waals surface area contributed by atoms with Crippen molar-refractivity contribution in [3.8, 4) is 0 Å². The van der Waals surface area contributed by atoms with Crippen LogP contribution in [0.3, 0.4) is 0 Å². The third-order valence-electron chi connectivity index (χ3n) is 3.71. The van der Waals surface area contributed by atoms with Crippen molar-refractivity contribution in [2.75, 3.05) is 13.1 Å². The molecule has 1 aliphatic rings. The predicted molar refractivity (Wildman–Crippen MR) is 93.0 cm³/mol. The fourth-order valence-corrected chi connectivity index (χ4v) is 4.23. The van der Waals surface area contributed by atoms with Crippen LogP contribution >= 0.6 is 0 Å². The number of ether oxygens (including phenoxy) is 1. The Labute approximate surface area is 151 Å². The molecule has 2 unspecified atom stereocenters. The van der Waals surface area contributed by atoms with E-state index in [1.54, 1.807) is 20.8 Å². The Hall–Kier alpha value is -2.24. The lowest BCUT2D eigenvalue weighted by Gasteiger charge is -2.23. The van der Waals surface area contributed by atoms with E-state index in [2.05, 4.69) is 5.32 Å². The molecule has 0 aromatic heterocycles. The Morgan fingerprint density at radius 3 is 2.54 bits per heavy atom. The average Bonchev–Trinajstić information content (AvgIpc) is 2.87. The first kappa shape index (κ1) is 20.1. The molecule has 0 aliphatic carbocycles. The van der Waals surface area contributed by atoms with Crippen LogP contribution in [-0.2, 0) is 14.8 Å². The monoisotopic (exact) mass is 386 g/mol. The van der Waals surface area contributed by atoms with Crippen molar-refractivity contribution in [1.29, 1.82) is 0 Å². The van der Waals surface area contributed by atoms with E-state index in [0.29, 0.717) is 0 Å². The van der Waals surface area contributed by atoms with Crippen molar-refractivity contribution >= 4 is 21.8 Å². The fourth-order valence-electron chi connectivity index (χ4n) is 2.56. The number of sulfonamides is 1. The average molecular weight is 386 g/mol. The second-order valence-corrected chi connectivity index (χ2v) is 8.87. The Morgan fingerprint density at radius 2 is 1.96 bits per heavy atom. The standard InChI is InChI=1S/C15H22N4O6S/c1-15(2,3)25-14(20)17-11-9-18(8-10(11)16)26(23,24)13-7-5-4-6-12(13)19(21)22/h4-7,10-11H,8-9,16H2,1-3H3,(H,17,20). The van der Waals surface area contributed by atoms with E-state index in [1.165, 1.54) is 18.2 Å². The van der Waals surface area contributed by atoms with Gasteiger partial charge in [-0.05, 0) is 26.8 Å². The molecule has 1 amide bonds. The van der Waals surface area contributed by atoms with Crippen LogP contribution in [0.5, 0.6) is 0 Å². The molecule has 0 saturated carbocycles. The molecule has 144 valence electrons. The molecule has 11 heteroatoms. The lowest BCUT2D eigenvalue weighted by molar-refractivity contribution is -0.387. The molecule has 26 heavy (non-hydrogen) atoms. The van der Waals surface area contributed by atoms with Crippen molar-refractivity contribution in [3.05, 3.63) is 34.4 Å². The summed E-state index contributed by atoms with van der Waals surface area (Å²) < 4.78 is 31.7. The number of nitrogens with one attached hydrogen (secondary N) is 1. The van der Waals surface area contributed by atoms with Gasteiger partial charge in [-0.1, -0.05) is 12.1 Å². The van der Waals surface area contributed by atoms with Gasteiger partial charge in [0.1, 0.15) is 5.60 Å². The maximum Gasteiger partial charge on any atom is 0.407 e. The number of hydrogen-bond acceptors (Lipinski definition) is 7. The number of nitro benzene ring substituents is 1. The SMILES string of the molecule is CC(C)(C)OC(=O)NC1CN(S(=O)(=O)c2ccccc2[N+](=O)[O-])CC1N. The minimum atomic E-state index is -4.13. The van der Waals surface area contributed by atoms with Gasteiger partial charge in [-0.2, -0.15) is 4.31 Å². The number of amides is 1. The van der Waals surface area contributed by atoms with Gasteiger partial charge in [0.25, 0.3) is 5.69 Å². The van der Waals surface area contributed by atoms with Gasteiger partial charge >= 0.3 is 6.09 Å². The first-order valence-corrected chi connectivity index (χ1v) is 9.34. The normalized spacial score (nSPS) is 21.4. The van der Waals surface area contributed by atoms with Gasteiger partial charge in [-0.15, -0.1) is 0 Å². The van der Waals surface area contributed by atoms with Crippen LogP contribution in [-0.4, -0.2) is 54.5 Å². The molecule has 1 heterocycles. The minimum absolute atomic E-state index is 0.0746. The molecule has 0 radical (unpaired) electrons. The number of alkyl carbamates (subject to hydrolysis) is 1.